The fraction of sp³-hybridized carbons (Fsp3) is 0.450. The van der Waals surface area contributed by atoms with Crippen LogP contribution in [-0.4, -0.2) is 47.1 Å². The van der Waals surface area contributed by atoms with Gasteiger partial charge >= 0.3 is 0 Å². The molecule has 1 aliphatic heterocycles. The van der Waals surface area contributed by atoms with Crippen LogP contribution < -0.4 is 5.56 Å². The zero-order valence-corrected chi connectivity index (χ0v) is 15.3. The first-order chi connectivity index (χ1) is 12.5. The number of nitrogens with one attached hydrogen (secondary N) is 1. The maximum absolute atomic E-state index is 12.5. The fourth-order valence-electron chi connectivity index (χ4n) is 3.14. The van der Waals surface area contributed by atoms with E-state index in [1.165, 1.54) is 6.20 Å². The zero-order valence-electron chi connectivity index (χ0n) is 15.3. The Morgan fingerprint density at radius 1 is 1.35 bits per heavy atom. The summed E-state index contributed by atoms with van der Waals surface area (Å²) in [5.74, 6) is 0.161. The fourth-order valence-corrected chi connectivity index (χ4v) is 3.14. The number of carbonyl (C=O) groups is 1. The second-order valence-corrected chi connectivity index (χ2v) is 6.84. The van der Waals surface area contributed by atoms with E-state index in [2.05, 4.69) is 9.97 Å². The van der Waals surface area contributed by atoms with E-state index in [4.69, 9.17) is 4.74 Å². The number of benzene rings is 1. The number of H-pyrrole nitrogens is 1. The number of aromatic nitrogens is 2. The van der Waals surface area contributed by atoms with Crippen molar-refractivity contribution in [2.75, 3.05) is 20.2 Å². The first-order valence-corrected chi connectivity index (χ1v) is 9.08. The molecule has 0 radical (unpaired) electrons. The summed E-state index contributed by atoms with van der Waals surface area (Å²) in [6.07, 6.45) is 5.71. The van der Waals surface area contributed by atoms with Crippen molar-refractivity contribution in [1.29, 1.82) is 0 Å². The van der Waals surface area contributed by atoms with Gasteiger partial charge in [0.05, 0.1) is 6.10 Å². The molecule has 26 heavy (non-hydrogen) atoms. The summed E-state index contributed by atoms with van der Waals surface area (Å²) in [4.78, 5) is 33.4. The maximum atomic E-state index is 12.5. The third kappa shape index (κ3) is 4.38. The molecule has 1 fully saturated rings. The number of aromatic amines is 1. The molecule has 0 bridgehead atoms. The van der Waals surface area contributed by atoms with Gasteiger partial charge in [-0.15, -0.1) is 0 Å². The molecular formula is C20H25N3O3. The van der Waals surface area contributed by atoms with Crippen LogP contribution in [0.4, 0.5) is 0 Å². The summed E-state index contributed by atoms with van der Waals surface area (Å²) >= 11 is 0. The minimum Gasteiger partial charge on any atom is -0.378 e. The number of carbonyl (C=O) groups excluding carboxylic acids is 1. The second kappa shape index (κ2) is 8.27. The van der Waals surface area contributed by atoms with Crippen LogP contribution in [0.25, 0.3) is 11.4 Å². The van der Waals surface area contributed by atoms with E-state index >= 15 is 0 Å². The van der Waals surface area contributed by atoms with Gasteiger partial charge in [0.25, 0.3) is 11.5 Å². The van der Waals surface area contributed by atoms with Gasteiger partial charge in [-0.2, -0.15) is 0 Å². The first kappa shape index (κ1) is 18.3. The number of hydrogen-bond acceptors (Lipinski definition) is 4. The Kier molecular flexibility index (Phi) is 5.83. The maximum Gasteiger partial charge on any atom is 0.264 e. The van der Waals surface area contributed by atoms with Gasteiger partial charge in [-0.05, 0) is 32.6 Å². The van der Waals surface area contributed by atoms with Gasteiger partial charge in [-0.3, -0.25) is 9.59 Å². The van der Waals surface area contributed by atoms with Crippen molar-refractivity contribution in [1.82, 2.24) is 14.9 Å². The highest BCUT2D eigenvalue weighted by atomic mass is 16.5. The van der Waals surface area contributed by atoms with Crippen LogP contribution in [0.1, 0.15) is 41.6 Å². The van der Waals surface area contributed by atoms with Crippen LogP contribution in [0.5, 0.6) is 0 Å². The molecule has 0 unspecified atom stereocenters. The van der Waals surface area contributed by atoms with E-state index in [1.807, 2.05) is 31.2 Å². The van der Waals surface area contributed by atoms with Crippen molar-refractivity contribution < 1.29 is 9.53 Å². The SMILES string of the molecule is Cc1ccc(-c2ncc(C(=O)N(C)CCC[C@H]3CCCO3)c(=O)[nH]2)cc1. The Bertz CT molecular complexity index is 808. The van der Waals surface area contributed by atoms with Crippen LogP contribution in [-0.2, 0) is 4.74 Å². The molecule has 1 aromatic heterocycles. The molecule has 2 heterocycles. The van der Waals surface area contributed by atoms with Crippen LogP contribution in [0.3, 0.4) is 0 Å². The third-order valence-corrected chi connectivity index (χ3v) is 4.75. The number of rotatable bonds is 6. The average Bonchev–Trinajstić information content (AvgIpc) is 3.15. The van der Waals surface area contributed by atoms with E-state index in [-0.39, 0.29) is 11.5 Å². The first-order valence-electron chi connectivity index (χ1n) is 9.08. The van der Waals surface area contributed by atoms with Crippen molar-refractivity contribution in [3.05, 3.63) is 51.9 Å². The Labute approximate surface area is 153 Å². The molecule has 0 aliphatic carbocycles. The number of nitrogens with zero attached hydrogens (tertiary/aromatic N) is 2. The highest BCUT2D eigenvalue weighted by molar-refractivity contribution is 5.93. The quantitative estimate of drug-likeness (QED) is 0.864. The number of ether oxygens (including phenoxy) is 1. The van der Waals surface area contributed by atoms with E-state index in [0.29, 0.717) is 18.5 Å². The monoisotopic (exact) mass is 355 g/mol. The molecule has 6 nitrogen and oxygen atoms in total. The van der Waals surface area contributed by atoms with E-state index in [9.17, 15) is 9.59 Å². The van der Waals surface area contributed by atoms with Crippen LogP contribution >= 0.6 is 0 Å². The number of hydrogen-bond donors (Lipinski definition) is 1. The Morgan fingerprint density at radius 2 is 2.12 bits per heavy atom. The van der Waals surface area contributed by atoms with Crippen molar-refractivity contribution >= 4 is 5.91 Å². The van der Waals surface area contributed by atoms with Gasteiger partial charge in [0.1, 0.15) is 11.4 Å². The Morgan fingerprint density at radius 3 is 2.77 bits per heavy atom. The van der Waals surface area contributed by atoms with E-state index in [0.717, 1.165) is 43.4 Å². The Hall–Kier alpha value is -2.47. The van der Waals surface area contributed by atoms with Gasteiger partial charge in [0, 0.05) is 32.0 Å². The molecule has 1 amide bonds. The number of aryl methyl sites for hydroxylation is 1. The molecule has 1 N–H and O–H groups in total. The van der Waals surface area contributed by atoms with Crippen molar-refractivity contribution in [2.45, 2.75) is 38.7 Å². The lowest BCUT2D eigenvalue weighted by Crippen LogP contribution is -2.33. The van der Waals surface area contributed by atoms with Gasteiger partial charge in [-0.25, -0.2) is 4.98 Å². The molecule has 3 rings (SSSR count). The molecule has 0 spiro atoms. The minimum atomic E-state index is -0.411. The molecule has 138 valence electrons. The predicted octanol–water partition coefficient (Wildman–Crippen LogP) is 2.78. The molecule has 0 saturated carbocycles. The molecule has 1 saturated heterocycles. The third-order valence-electron chi connectivity index (χ3n) is 4.75. The second-order valence-electron chi connectivity index (χ2n) is 6.84. The van der Waals surface area contributed by atoms with Crippen molar-refractivity contribution in [3.8, 4) is 11.4 Å². The normalized spacial score (nSPS) is 16.6. The standard InChI is InChI=1S/C20H25N3O3/c1-14-7-9-15(10-8-14)18-21-13-17(19(24)22-18)20(25)23(2)11-3-5-16-6-4-12-26-16/h7-10,13,16H,3-6,11-12H2,1-2H3,(H,21,22,24)/t16-/m0/s1. The lowest BCUT2D eigenvalue weighted by atomic mass is 10.1. The summed E-state index contributed by atoms with van der Waals surface area (Å²) in [5, 5.41) is 0. The number of amides is 1. The topological polar surface area (TPSA) is 75.3 Å². The zero-order chi connectivity index (χ0) is 18.5. The molecule has 1 atom stereocenters. The van der Waals surface area contributed by atoms with E-state index < -0.39 is 5.56 Å². The highest BCUT2D eigenvalue weighted by Crippen LogP contribution is 2.17. The summed E-state index contributed by atoms with van der Waals surface area (Å²) in [6, 6.07) is 7.70. The largest absolute Gasteiger partial charge is 0.378 e. The molecule has 1 aliphatic rings. The summed E-state index contributed by atoms with van der Waals surface area (Å²) in [6.45, 7) is 3.43. The predicted molar refractivity (Wildman–Crippen MR) is 100 cm³/mol. The van der Waals surface area contributed by atoms with E-state index in [1.54, 1.807) is 11.9 Å². The van der Waals surface area contributed by atoms with Gasteiger partial charge in [-0.1, -0.05) is 29.8 Å². The van der Waals surface area contributed by atoms with Crippen LogP contribution in [0.2, 0.25) is 0 Å². The van der Waals surface area contributed by atoms with Crippen LogP contribution in [0, 0.1) is 6.92 Å². The molecular weight excluding hydrogens is 330 g/mol. The van der Waals surface area contributed by atoms with Crippen LogP contribution in [0.15, 0.2) is 35.3 Å². The summed E-state index contributed by atoms with van der Waals surface area (Å²) < 4.78 is 5.59. The van der Waals surface area contributed by atoms with Gasteiger partial charge in [0.2, 0.25) is 0 Å². The van der Waals surface area contributed by atoms with Gasteiger partial charge in [0.15, 0.2) is 0 Å². The lowest BCUT2D eigenvalue weighted by Gasteiger charge is -2.18. The van der Waals surface area contributed by atoms with Crippen molar-refractivity contribution in [3.63, 3.8) is 0 Å². The van der Waals surface area contributed by atoms with Crippen molar-refractivity contribution in [2.24, 2.45) is 0 Å². The smallest absolute Gasteiger partial charge is 0.264 e. The summed E-state index contributed by atoms with van der Waals surface area (Å²) in [7, 11) is 1.71. The average molecular weight is 355 g/mol. The minimum absolute atomic E-state index is 0.0699. The lowest BCUT2D eigenvalue weighted by molar-refractivity contribution is 0.0761. The Balaban J connectivity index is 1.63. The molecule has 6 heteroatoms. The molecule has 1 aromatic carbocycles. The van der Waals surface area contributed by atoms with Gasteiger partial charge < -0.3 is 14.6 Å². The summed E-state index contributed by atoms with van der Waals surface area (Å²) in [5.41, 5.74) is 1.61. The highest BCUT2D eigenvalue weighted by Gasteiger charge is 2.19. The molecule has 2 aromatic rings.